The minimum absolute atomic E-state index is 0.0149. The summed E-state index contributed by atoms with van der Waals surface area (Å²) in [5, 5.41) is 9.42. The van der Waals surface area contributed by atoms with Crippen LogP contribution in [-0.2, 0) is 16.4 Å². The molecule has 0 bridgehead atoms. The maximum Gasteiger partial charge on any atom is 0.416 e. The lowest BCUT2D eigenvalue weighted by molar-refractivity contribution is -0.137. The molecule has 2 aliphatic rings. The molecule has 0 aromatic heterocycles. The number of rotatable bonds is 6. The Labute approximate surface area is 185 Å². The number of benzene rings is 2. The molecule has 0 radical (unpaired) electrons. The van der Waals surface area contributed by atoms with Gasteiger partial charge in [-0.1, -0.05) is 36.4 Å². The van der Waals surface area contributed by atoms with Gasteiger partial charge in [0.1, 0.15) is 0 Å². The van der Waals surface area contributed by atoms with Gasteiger partial charge in [0, 0.05) is 36.5 Å². The summed E-state index contributed by atoms with van der Waals surface area (Å²) in [6.07, 6.45) is -2.34. The number of hydrogen-bond acceptors (Lipinski definition) is 2. The van der Waals surface area contributed by atoms with Crippen molar-refractivity contribution in [2.45, 2.75) is 43.7 Å². The van der Waals surface area contributed by atoms with E-state index in [0.29, 0.717) is 37.6 Å². The summed E-state index contributed by atoms with van der Waals surface area (Å²) >= 11 is 0. The highest BCUT2D eigenvalue weighted by atomic mass is 19.4. The van der Waals surface area contributed by atoms with Crippen LogP contribution in [0.5, 0.6) is 0 Å². The van der Waals surface area contributed by atoms with Gasteiger partial charge in [0.2, 0.25) is 5.91 Å². The summed E-state index contributed by atoms with van der Waals surface area (Å²) in [5.74, 6) is 0.607. The largest absolute Gasteiger partial charge is 0.416 e. The van der Waals surface area contributed by atoms with Gasteiger partial charge in [-0.3, -0.25) is 9.79 Å². The van der Waals surface area contributed by atoms with Crippen molar-refractivity contribution in [2.24, 2.45) is 4.99 Å². The van der Waals surface area contributed by atoms with Crippen molar-refractivity contribution in [2.75, 3.05) is 25.0 Å². The van der Waals surface area contributed by atoms with E-state index >= 15 is 0 Å². The first kappa shape index (κ1) is 22.2. The molecule has 1 fully saturated rings. The Hall–Kier alpha value is -3.03. The van der Waals surface area contributed by atoms with Crippen molar-refractivity contribution in [1.82, 2.24) is 10.6 Å². The average Bonchev–Trinajstić information content (AvgIpc) is 3.56. The van der Waals surface area contributed by atoms with E-state index in [0.717, 1.165) is 30.2 Å². The number of amides is 1. The van der Waals surface area contributed by atoms with Crippen LogP contribution in [0.25, 0.3) is 0 Å². The van der Waals surface area contributed by atoms with E-state index in [4.69, 9.17) is 0 Å². The van der Waals surface area contributed by atoms with Crippen LogP contribution in [0.1, 0.15) is 48.8 Å². The molecule has 1 atom stereocenters. The second kappa shape index (κ2) is 8.84. The fraction of sp³-hybridized carbons (Fsp3) is 0.417. The highest BCUT2D eigenvalue weighted by Gasteiger charge is 2.45. The summed E-state index contributed by atoms with van der Waals surface area (Å²) in [7, 11) is 0. The summed E-state index contributed by atoms with van der Waals surface area (Å²) < 4.78 is 39.4. The number of anilines is 1. The molecule has 170 valence electrons. The van der Waals surface area contributed by atoms with Crippen LogP contribution in [-0.4, -0.2) is 31.5 Å². The van der Waals surface area contributed by atoms with Crippen molar-refractivity contribution in [3.63, 3.8) is 0 Å². The SMILES string of the molecule is CCNC(=NCC1(c2cccc(C(F)(F)F)c2)CC1)NCC1CC(=O)Nc2ccccc21. The quantitative estimate of drug-likeness (QED) is 0.457. The summed E-state index contributed by atoms with van der Waals surface area (Å²) in [6, 6.07) is 13.3. The predicted octanol–water partition coefficient (Wildman–Crippen LogP) is 4.42. The maximum absolute atomic E-state index is 13.1. The number of nitrogens with one attached hydrogen (secondary N) is 3. The number of halogens is 3. The number of nitrogens with zero attached hydrogens (tertiary/aromatic N) is 1. The smallest absolute Gasteiger partial charge is 0.357 e. The van der Waals surface area contributed by atoms with Gasteiger partial charge in [0.05, 0.1) is 12.1 Å². The lowest BCUT2D eigenvalue weighted by Crippen LogP contribution is -2.41. The number of carbonyl (C=O) groups is 1. The van der Waals surface area contributed by atoms with E-state index in [1.807, 2.05) is 31.2 Å². The van der Waals surface area contributed by atoms with Crippen LogP contribution in [0, 0.1) is 0 Å². The molecule has 1 aliphatic carbocycles. The standard InChI is InChI=1S/C24H27F3N4O/c1-2-28-22(29-14-16-12-21(32)31-20-9-4-3-8-19(16)20)30-15-23(10-11-23)17-6-5-7-18(13-17)24(25,26)27/h3-9,13,16H,2,10-12,14-15H2,1H3,(H,31,32)(H2,28,29,30). The first-order chi connectivity index (χ1) is 15.3. The molecule has 5 nitrogen and oxygen atoms in total. The van der Waals surface area contributed by atoms with Gasteiger partial charge >= 0.3 is 6.18 Å². The third kappa shape index (κ3) is 4.89. The van der Waals surface area contributed by atoms with Gasteiger partial charge in [-0.15, -0.1) is 0 Å². The van der Waals surface area contributed by atoms with Gasteiger partial charge in [-0.25, -0.2) is 0 Å². The van der Waals surface area contributed by atoms with Crippen molar-refractivity contribution in [3.8, 4) is 0 Å². The predicted molar refractivity (Wildman–Crippen MR) is 119 cm³/mol. The number of carbonyl (C=O) groups excluding carboxylic acids is 1. The second-order valence-electron chi connectivity index (χ2n) is 8.47. The highest BCUT2D eigenvalue weighted by molar-refractivity contribution is 5.94. The number of guanidine groups is 1. The lowest BCUT2D eigenvalue weighted by Gasteiger charge is -2.26. The first-order valence-electron chi connectivity index (χ1n) is 10.9. The number of fused-ring (bicyclic) bond motifs is 1. The van der Waals surface area contributed by atoms with Crippen molar-refractivity contribution in [3.05, 3.63) is 65.2 Å². The van der Waals surface area contributed by atoms with Crippen LogP contribution >= 0.6 is 0 Å². The molecular weight excluding hydrogens is 417 g/mol. The maximum atomic E-state index is 13.1. The zero-order valence-electron chi connectivity index (χ0n) is 17.9. The normalized spacial score (nSPS) is 19.7. The number of para-hydroxylation sites is 1. The van der Waals surface area contributed by atoms with Gasteiger partial charge in [0.25, 0.3) is 0 Å². The fourth-order valence-electron chi connectivity index (χ4n) is 4.19. The van der Waals surface area contributed by atoms with Gasteiger partial charge in [-0.2, -0.15) is 13.2 Å². The Morgan fingerprint density at radius 2 is 1.94 bits per heavy atom. The molecule has 2 aromatic carbocycles. The third-order valence-electron chi connectivity index (χ3n) is 6.16. The number of hydrogen-bond donors (Lipinski definition) is 3. The first-order valence-corrected chi connectivity index (χ1v) is 10.9. The monoisotopic (exact) mass is 444 g/mol. The average molecular weight is 445 g/mol. The third-order valence-corrected chi connectivity index (χ3v) is 6.16. The molecule has 8 heteroatoms. The van der Waals surface area contributed by atoms with E-state index in [1.165, 1.54) is 12.1 Å². The molecule has 1 unspecified atom stereocenters. The number of alkyl halides is 3. The van der Waals surface area contributed by atoms with E-state index < -0.39 is 11.7 Å². The number of aliphatic imine (C=N–C) groups is 1. The van der Waals surface area contributed by atoms with E-state index in [-0.39, 0.29) is 17.2 Å². The van der Waals surface area contributed by atoms with E-state index in [2.05, 4.69) is 20.9 Å². The molecule has 32 heavy (non-hydrogen) atoms. The van der Waals surface area contributed by atoms with Gasteiger partial charge in [0.15, 0.2) is 5.96 Å². The molecule has 3 N–H and O–H groups in total. The van der Waals surface area contributed by atoms with Crippen LogP contribution in [0.15, 0.2) is 53.5 Å². The molecule has 1 aliphatic heterocycles. The second-order valence-corrected chi connectivity index (χ2v) is 8.47. The zero-order chi connectivity index (χ0) is 22.8. The van der Waals surface area contributed by atoms with Crippen LogP contribution < -0.4 is 16.0 Å². The molecule has 1 heterocycles. The topological polar surface area (TPSA) is 65.5 Å². The van der Waals surface area contributed by atoms with Crippen LogP contribution in [0.3, 0.4) is 0 Å². The summed E-state index contributed by atoms with van der Waals surface area (Å²) in [4.78, 5) is 16.8. The Bertz CT molecular complexity index is 1010. The van der Waals surface area contributed by atoms with E-state index in [9.17, 15) is 18.0 Å². The fourth-order valence-corrected chi connectivity index (χ4v) is 4.19. The molecular formula is C24H27F3N4O. The Morgan fingerprint density at radius 3 is 2.66 bits per heavy atom. The van der Waals surface area contributed by atoms with Crippen LogP contribution in [0.2, 0.25) is 0 Å². The zero-order valence-corrected chi connectivity index (χ0v) is 17.9. The van der Waals surface area contributed by atoms with E-state index in [1.54, 1.807) is 6.07 Å². The molecule has 0 spiro atoms. The Kier molecular flexibility index (Phi) is 6.13. The molecule has 1 amide bonds. The molecule has 2 aromatic rings. The molecule has 0 saturated heterocycles. The minimum Gasteiger partial charge on any atom is -0.357 e. The Balaban J connectivity index is 1.46. The van der Waals surface area contributed by atoms with Crippen molar-refractivity contribution < 1.29 is 18.0 Å². The summed E-state index contributed by atoms with van der Waals surface area (Å²) in [6.45, 7) is 3.56. The van der Waals surface area contributed by atoms with Gasteiger partial charge in [-0.05, 0) is 43.0 Å². The van der Waals surface area contributed by atoms with Crippen molar-refractivity contribution >= 4 is 17.6 Å². The van der Waals surface area contributed by atoms with Gasteiger partial charge < -0.3 is 16.0 Å². The van der Waals surface area contributed by atoms with Crippen molar-refractivity contribution in [1.29, 1.82) is 0 Å². The van der Waals surface area contributed by atoms with Crippen LogP contribution in [0.4, 0.5) is 18.9 Å². The highest BCUT2D eigenvalue weighted by Crippen LogP contribution is 2.49. The molecule has 1 saturated carbocycles. The minimum atomic E-state index is -4.35. The molecule has 4 rings (SSSR count). The Morgan fingerprint density at radius 1 is 1.16 bits per heavy atom. The summed E-state index contributed by atoms with van der Waals surface area (Å²) in [5.41, 5.74) is 1.63. The lowest BCUT2D eigenvalue weighted by atomic mass is 9.90.